The van der Waals surface area contributed by atoms with Crippen molar-refractivity contribution in [2.45, 2.75) is 33.1 Å². The van der Waals surface area contributed by atoms with Crippen molar-refractivity contribution in [3.8, 4) is 0 Å². The maximum Gasteiger partial charge on any atom is 0.322 e. The van der Waals surface area contributed by atoms with E-state index in [1.165, 1.54) is 0 Å². The Morgan fingerprint density at radius 1 is 1.60 bits per heavy atom. The highest BCUT2D eigenvalue weighted by Gasteiger charge is 2.48. The highest BCUT2D eigenvalue weighted by molar-refractivity contribution is 7.09. The maximum absolute atomic E-state index is 12.3. The van der Waals surface area contributed by atoms with Crippen molar-refractivity contribution < 1.29 is 19.1 Å². The highest BCUT2D eigenvalue weighted by Crippen LogP contribution is 2.33. The molecular formula is C14H19NO4S. The predicted octanol–water partition coefficient (Wildman–Crippen LogP) is 1.92. The van der Waals surface area contributed by atoms with Crippen LogP contribution < -0.4 is 0 Å². The Hall–Kier alpha value is -1.27. The summed E-state index contributed by atoms with van der Waals surface area (Å²) in [6.45, 7) is 4.46. The van der Waals surface area contributed by atoms with Crippen molar-refractivity contribution >= 4 is 23.1 Å². The molecule has 1 unspecified atom stereocenters. The van der Waals surface area contributed by atoms with Gasteiger partial charge in [0.15, 0.2) is 5.78 Å². The molecule has 0 amide bonds. The quantitative estimate of drug-likeness (QED) is 0.613. The Morgan fingerprint density at radius 3 is 3.00 bits per heavy atom. The largest absolute Gasteiger partial charge is 0.465 e. The van der Waals surface area contributed by atoms with Gasteiger partial charge in [-0.3, -0.25) is 9.59 Å². The lowest BCUT2D eigenvalue weighted by Crippen LogP contribution is -2.48. The minimum Gasteiger partial charge on any atom is -0.465 e. The van der Waals surface area contributed by atoms with E-state index >= 15 is 0 Å². The van der Waals surface area contributed by atoms with Crippen LogP contribution in [0.5, 0.6) is 0 Å². The van der Waals surface area contributed by atoms with Gasteiger partial charge in [-0.25, -0.2) is 4.98 Å². The summed E-state index contributed by atoms with van der Waals surface area (Å²) < 4.78 is 10.5. The van der Waals surface area contributed by atoms with Crippen LogP contribution in [0.1, 0.15) is 30.3 Å². The van der Waals surface area contributed by atoms with Crippen molar-refractivity contribution in [2.24, 2.45) is 5.41 Å². The number of ether oxygens (including phenoxy) is 2. The van der Waals surface area contributed by atoms with Gasteiger partial charge in [0, 0.05) is 11.3 Å². The van der Waals surface area contributed by atoms with E-state index in [-0.39, 0.29) is 25.4 Å². The van der Waals surface area contributed by atoms with E-state index in [1.807, 2.05) is 6.92 Å². The van der Waals surface area contributed by atoms with E-state index in [4.69, 9.17) is 9.47 Å². The molecule has 2 heterocycles. The number of hydrogen-bond acceptors (Lipinski definition) is 6. The van der Waals surface area contributed by atoms with Gasteiger partial charge in [0.1, 0.15) is 5.41 Å². The first-order valence-electron chi connectivity index (χ1n) is 6.77. The van der Waals surface area contributed by atoms with Crippen LogP contribution in [0.4, 0.5) is 0 Å². The van der Waals surface area contributed by atoms with E-state index in [2.05, 4.69) is 4.98 Å². The Morgan fingerprint density at radius 2 is 2.40 bits per heavy atom. The van der Waals surface area contributed by atoms with Crippen molar-refractivity contribution in [3.63, 3.8) is 0 Å². The summed E-state index contributed by atoms with van der Waals surface area (Å²) in [5, 5.41) is 0. The Bertz CT molecular complexity index is 499. The molecule has 1 aliphatic rings. The fourth-order valence-electron chi connectivity index (χ4n) is 2.38. The second-order valence-corrected chi connectivity index (χ2v) is 5.83. The molecule has 0 radical (unpaired) electrons. The molecule has 5 nitrogen and oxygen atoms in total. The molecule has 110 valence electrons. The van der Waals surface area contributed by atoms with Crippen LogP contribution in [0.3, 0.4) is 0 Å². The highest BCUT2D eigenvalue weighted by atomic mass is 32.1. The summed E-state index contributed by atoms with van der Waals surface area (Å²) in [7, 11) is 0. The molecule has 20 heavy (non-hydrogen) atoms. The van der Waals surface area contributed by atoms with Gasteiger partial charge >= 0.3 is 5.97 Å². The third-order valence-electron chi connectivity index (χ3n) is 3.65. The first kappa shape index (κ1) is 15.1. The molecule has 2 rings (SSSR count). The van der Waals surface area contributed by atoms with Crippen molar-refractivity contribution in [3.05, 3.63) is 16.1 Å². The number of aromatic nitrogens is 1. The summed E-state index contributed by atoms with van der Waals surface area (Å²) in [6, 6.07) is 0. The molecule has 0 saturated carbocycles. The van der Waals surface area contributed by atoms with Gasteiger partial charge in [-0.1, -0.05) is 0 Å². The minimum absolute atomic E-state index is 0.0654. The van der Waals surface area contributed by atoms with Gasteiger partial charge in [0.2, 0.25) is 0 Å². The summed E-state index contributed by atoms with van der Waals surface area (Å²) in [5.41, 5.74) is 1.60. The van der Waals surface area contributed by atoms with Gasteiger partial charge in [-0.2, -0.15) is 0 Å². The van der Waals surface area contributed by atoms with Gasteiger partial charge < -0.3 is 9.47 Å². The summed E-state index contributed by atoms with van der Waals surface area (Å²) in [4.78, 5) is 29.8. The molecule has 1 aromatic rings. The third kappa shape index (κ3) is 2.91. The van der Waals surface area contributed by atoms with Crippen LogP contribution in [0, 0.1) is 12.3 Å². The van der Waals surface area contributed by atoms with Crippen molar-refractivity contribution in [1.82, 2.24) is 4.98 Å². The lowest BCUT2D eigenvalue weighted by molar-refractivity contribution is -0.169. The van der Waals surface area contributed by atoms with Crippen molar-refractivity contribution in [1.29, 1.82) is 0 Å². The van der Waals surface area contributed by atoms with Crippen molar-refractivity contribution in [2.75, 3.05) is 19.8 Å². The number of nitrogens with zero attached hydrogens (tertiary/aromatic N) is 1. The third-order valence-corrected chi connectivity index (χ3v) is 4.64. The van der Waals surface area contributed by atoms with Gasteiger partial charge in [0.25, 0.3) is 0 Å². The summed E-state index contributed by atoms with van der Waals surface area (Å²) in [5.74, 6) is -0.517. The molecule has 1 atom stereocenters. The SMILES string of the molecule is CCOC(=O)C1(CCc2scnc2C)COCCC1=O. The molecule has 1 fully saturated rings. The second kappa shape index (κ2) is 6.45. The molecule has 0 aliphatic carbocycles. The standard InChI is InChI=1S/C14H19NO4S/c1-3-19-13(17)14(8-18-7-5-12(14)16)6-4-11-10(2)15-9-20-11/h9H,3-8H2,1-2H3. The lowest BCUT2D eigenvalue weighted by atomic mass is 9.77. The molecule has 0 aromatic carbocycles. The number of carbonyl (C=O) groups excluding carboxylic acids is 2. The molecule has 1 aromatic heterocycles. The first-order valence-corrected chi connectivity index (χ1v) is 7.65. The number of thiazole rings is 1. The molecular weight excluding hydrogens is 278 g/mol. The van der Waals surface area contributed by atoms with Gasteiger partial charge in [-0.05, 0) is 26.7 Å². The summed E-state index contributed by atoms with van der Waals surface area (Å²) >= 11 is 1.55. The molecule has 1 saturated heterocycles. The topological polar surface area (TPSA) is 65.5 Å². The smallest absolute Gasteiger partial charge is 0.322 e. The maximum atomic E-state index is 12.3. The molecule has 1 aliphatic heterocycles. The van der Waals surface area contributed by atoms with E-state index in [0.717, 1.165) is 10.6 Å². The van der Waals surface area contributed by atoms with Crippen LogP contribution in [-0.4, -0.2) is 36.6 Å². The van der Waals surface area contributed by atoms with Gasteiger partial charge in [-0.15, -0.1) is 11.3 Å². The first-order chi connectivity index (χ1) is 9.60. The van der Waals surface area contributed by atoms with Crippen LogP contribution in [-0.2, 0) is 25.5 Å². The monoisotopic (exact) mass is 297 g/mol. The number of esters is 1. The zero-order chi connectivity index (χ0) is 14.6. The Labute approximate surface area is 122 Å². The fraction of sp³-hybridized carbons (Fsp3) is 0.643. The van der Waals surface area contributed by atoms with E-state index in [1.54, 1.807) is 23.8 Å². The molecule has 6 heteroatoms. The van der Waals surface area contributed by atoms with E-state index in [9.17, 15) is 9.59 Å². The Balaban J connectivity index is 2.16. The van der Waals surface area contributed by atoms with Crippen LogP contribution in [0.15, 0.2) is 5.51 Å². The Kier molecular flexibility index (Phi) is 4.88. The van der Waals surface area contributed by atoms with Crippen LogP contribution >= 0.6 is 11.3 Å². The summed E-state index contributed by atoms with van der Waals surface area (Å²) in [6.07, 6.45) is 1.35. The number of ketones is 1. The average molecular weight is 297 g/mol. The van der Waals surface area contributed by atoms with E-state index in [0.29, 0.717) is 19.4 Å². The number of rotatable bonds is 5. The lowest BCUT2D eigenvalue weighted by Gasteiger charge is -2.33. The fourth-order valence-corrected chi connectivity index (χ4v) is 3.16. The van der Waals surface area contributed by atoms with E-state index < -0.39 is 11.4 Å². The molecule has 0 bridgehead atoms. The second-order valence-electron chi connectivity index (χ2n) is 4.89. The minimum atomic E-state index is -1.13. The predicted molar refractivity (Wildman–Crippen MR) is 74.7 cm³/mol. The number of hydrogen-bond donors (Lipinski definition) is 0. The molecule has 0 spiro atoms. The van der Waals surface area contributed by atoms with Gasteiger partial charge in [0.05, 0.1) is 31.0 Å². The average Bonchev–Trinajstić information content (AvgIpc) is 2.84. The number of carbonyl (C=O) groups is 2. The number of aryl methyl sites for hydroxylation is 2. The zero-order valence-electron chi connectivity index (χ0n) is 11.8. The molecule has 0 N–H and O–H groups in total. The zero-order valence-corrected chi connectivity index (χ0v) is 12.6. The van der Waals surface area contributed by atoms with Crippen LogP contribution in [0.2, 0.25) is 0 Å². The number of Topliss-reactive ketones (excluding diaryl/α,β-unsaturated/α-hetero) is 1. The van der Waals surface area contributed by atoms with Crippen LogP contribution in [0.25, 0.3) is 0 Å². The normalized spacial score (nSPS) is 22.8.